The largest absolute Gasteiger partial charge is 0.396 e. The third-order valence-corrected chi connectivity index (χ3v) is 2.20. The van der Waals surface area contributed by atoms with Gasteiger partial charge in [-0.1, -0.05) is 12.8 Å². The smallest absolute Gasteiger partial charge is 0.222 e. The molecule has 13 heavy (non-hydrogen) atoms. The molecule has 0 unspecified atom stereocenters. The number of nitrogens with zero attached hydrogens (tertiary/aromatic N) is 2. The molecular weight excluding hydrogens is 164 g/mol. The van der Waals surface area contributed by atoms with Crippen LogP contribution in [0.2, 0.25) is 0 Å². The van der Waals surface area contributed by atoms with Crippen molar-refractivity contribution in [2.45, 2.75) is 19.3 Å². The summed E-state index contributed by atoms with van der Waals surface area (Å²) in [5, 5.41) is 3.17. The summed E-state index contributed by atoms with van der Waals surface area (Å²) in [7, 11) is 0. The molecule has 0 aliphatic heterocycles. The lowest BCUT2D eigenvalue weighted by Crippen LogP contribution is -2.05. The molecule has 0 aromatic carbocycles. The van der Waals surface area contributed by atoms with Crippen molar-refractivity contribution in [3.05, 3.63) is 12.4 Å². The molecule has 1 aromatic heterocycles. The molecule has 1 aliphatic rings. The van der Waals surface area contributed by atoms with Crippen LogP contribution in [-0.2, 0) is 0 Å². The highest BCUT2D eigenvalue weighted by molar-refractivity contribution is 5.35. The van der Waals surface area contributed by atoms with Gasteiger partial charge in [0.25, 0.3) is 0 Å². The molecule has 2 rings (SSSR count). The van der Waals surface area contributed by atoms with Crippen LogP contribution in [-0.4, -0.2) is 16.5 Å². The van der Waals surface area contributed by atoms with Crippen LogP contribution in [0, 0.1) is 5.92 Å². The molecule has 1 aromatic rings. The van der Waals surface area contributed by atoms with E-state index >= 15 is 0 Å². The molecule has 0 saturated heterocycles. The van der Waals surface area contributed by atoms with Crippen molar-refractivity contribution in [1.82, 2.24) is 9.97 Å². The Morgan fingerprint density at radius 3 is 2.69 bits per heavy atom. The van der Waals surface area contributed by atoms with Gasteiger partial charge in [0.2, 0.25) is 5.95 Å². The van der Waals surface area contributed by atoms with Gasteiger partial charge in [0, 0.05) is 6.54 Å². The minimum atomic E-state index is 0.604. The Morgan fingerprint density at radius 2 is 2.08 bits per heavy atom. The molecule has 0 atom stereocenters. The van der Waals surface area contributed by atoms with Crippen LogP contribution in [0.1, 0.15) is 19.3 Å². The first-order valence-electron chi connectivity index (χ1n) is 4.66. The van der Waals surface area contributed by atoms with Crippen molar-refractivity contribution in [2.75, 3.05) is 17.6 Å². The second-order valence-electron chi connectivity index (χ2n) is 3.50. The number of nitrogens with one attached hydrogen (secondary N) is 1. The Balaban J connectivity index is 1.76. The summed E-state index contributed by atoms with van der Waals surface area (Å²) in [5.74, 6) is 1.62. The molecule has 4 heteroatoms. The lowest BCUT2D eigenvalue weighted by molar-refractivity contribution is 0.755. The van der Waals surface area contributed by atoms with E-state index in [1.165, 1.54) is 19.3 Å². The van der Waals surface area contributed by atoms with E-state index in [0.717, 1.165) is 12.5 Å². The minimum absolute atomic E-state index is 0.604. The number of hydrogen-bond acceptors (Lipinski definition) is 4. The highest BCUT2D eigenvalue weighted by Gasteiger charge is 2.20. The topological polar surface area (TPSA) is 63.8 Å². The normalized spacial score (nSPS) is 15.7. The molecule has 3 N–H and O–H groups in total. The second kappa shape index (κ2) is 3.60. The van der Waals surface area contributed by atoms with E-state index in [2.05, 4.69) is 15.3 Å². The van der Waals surface area contributed by atoms with Gasteiger partial charge in [0.1, 0.15) is 0 Å². The first-order chi connectivity index (χ1) is 6.34. The van der Waals surface area contributed by atoms with E-state index in [1.807, 2.05) is 0 Å². The van der Waals surface area contributed by atoms with Gasteiger partial charge in [-0.15, -0.1) is 0 Å². The number of nitrogens with two attached hydrogens (primary N) is 1. The van der Waals surface area contributed by atoms with Gasteiger partial charge in [0.15, 0.2) is 0 Å². The number of aromatic nitrogens is 2. The van der Waals surface area contributed by atoms with Crippen LogP contribution in [0.5, 0.6) is 0 Å². The summed E-state index contributed by atoms with van der Waals surface area (Å²) < 4.78 is 0. The Hall–Kier alpha value is -1.32. The maximum atomic E-state index is 5.46. The SMILES string of the molecule is Nc1cnc(NCCC2CC2)nc1. The number of anilines is 2. The van der Waals surface area contributed by atoms with Crippen molar-refractivity contribution in [1.29, 1.82) is 0 Å². The predicted molar refractivity (Wildman–Crippen MR) is 52.3 cm³/mol. The molecule has 4 nitrogen and oxygen atoms in total. The quantitative estimate of drug-likeness (QED) is 0.728. The number of hydrogen-bond donors (Lipinski definition) is 2. The minimum Gasteiger partial charge on any atom is -0.396 e. The average molecular weight is 178 g/mol. The summed E-state index contributed by atoms with van der Waals surface area (Å²) in [4.78, 5) is 8.10. The van der Waals surface area contributed by atoms with E-state index in [4.69, 9.17) is 5.73 Å². The molecule has 1 aliphatic carbocycles. The van der Waals surface area contributed by atoms with Crippen LogP contribution in [0.25, 0.3) is 0 Å². The summed E-state index contributed by atoms with van der Waals surface area (Å²) in [6.07, 6.45) is 7.25. The maximum Gasteiger partial charge on any atom is 0.222 e. The van der Waals surface area contributed by atoms with Crippen LogP contribution in [0.3, 0.4) is 0 Å². The summed E-state index contributed by atoms with van der Waals surface area (Å²) in [5.41, 5.74) is 6.07. The fraction of sp³-hybridized carbons (Fsp3) is 0.556. The number of nitrogen functional groups attached to an aromatic ring is 1. The number of rotatable bonds is 4. The van der Waals surface area contributed by atoms with Crippen molar-refractivity contribution in [3.63, 3.8) is 0 Å². The van der Waals surface area contributed by atoms with E-state index < -0.39 is 0 Å². The molecule has 1 heterocycles. The summed E-state index contributed by atoms with van der Waals surface area (Å²) >= 11 is 0. The van der Waals surface area contributed by atoms with Gasteiger partial charge in [-0.05, 0) is 12.3 Å². The molecular formula is C9H14N4. The third kappa shape index (κ3) is 2.57. The Kier molecular flexibility index (Phi) is 2.29. The maximum absolute atomic E-state index is 5.46. The summed E-state index contributed by atoms with van der Waals surface area (Å²) in [6, 6.07) is 0. The van der Waals surface area contributed by atoms with Gasteiger partial charge >= 0.3 is 0 Å². The van der Waals surface area contributed by atoms with Gasteiger partial charge in [-0.3, -0.25) is 0 Å². The molecule has 0 spiro atoms. The van der Waals surface area contributed by atoms with Crippen LogP contribution >= 0.6 is 0 Å². The highest BCUT2D eigenvalue weighted by Crippen LogP contribution is 2.31. The summed E-state index contributed by atoms with van der Waals surface area (Å²) in [6.45, 7) is 0.967. The Labute approximate surface area is 77.6 Å². The Bertz CT molecular complexity index is 265. The Morgan fingerprint density at radius 1 is 1.38 bits per heavy atom. The van der Waals surface area contributed by atoms with Crippen LogP contribution in [0.15, 0.2) is 12.4 Å². The van der Waals surface area contributed by atoms with E-state index in [1.54, 1.807) is 12.4 Å². The molecule has 1 saturated carbocycles. The molecule has 0 amide bonds. The predicted octanol–water partition coefficient (Wildman–Crippen LogP) is 1.27. The second-order valence-corrected chi connectivity index (χ2v) is 3.50. The van der Waals surface area contributed by atoms with Crippen molar-refractivity contribution < 1.29 is 0 Å². The first-order valence-corrected chi connectivity index (χ1v) is 4.66. The fourth-order valence-electron chi connectivity index (χ4n) is 1.22. The lowest BCUT2D eigenvalue weighted by atomic mass is 10.3. The average Bonchev–Trinajstić information content (AvgIpc) is 2.92. The monoisotopic (exact) mass is 178 g/mol. The molecule has 70 valence electrons. The van der Waals surface area contributed by atoms with Gasteiger partial charge in [-0.25, -0.2) is 9.97 Å². The molecule has 1 fully saturated rings. The highest BCUT2D eigenvalue weighted by atomic mass is 15.1. The van der Waals surface area contributed by atoms with Crippen LogP contribution in [0.4, 0.5) is 11.6 Å². The van der Waals surface area contributed by atoms with Crippen molar-refractivity contribution >= 4 is 11.6 Å². The van der Waals surface area contributed by atoms with E-state index in [9.17, 15) is 0 Å². The zero-order chi connectivity index (χ0) is 9.10. The fourth-order valence-corrected chi connectivity index (χ4v) is 1.22. The molecule has 0 bridgehead atoms. The molecule has 0 radical (unpaired) electrons. The van der Waals surface area contributed by atoms with Gasteiger partial charge in [0.05, 0.1) is 18.1 Å². The standard InChI is InChI=1S/C9H14N4/c10-8-5-12-9(13-6-8)11-4-3-7-1-2-7/h5-7H,1-4,10H2,(H,11,12,13). The van der Waals surface area contributed by atoms with Gasteiger partial charge in [-0.2, -0.15) is 0 Å². The van der Waals surface area contributed by atoms with Crippen molar-refractivity contribution in [3.8, 4) is 0 Å². The van der Waals surface area contributed by atoms with E-state index in [0.29, 0.717) is 11.6 Å². The first kappa shape index (κ1) is 8.29. The van der Waals surface area contributed by atoms with E-state index in [-0.39, 0.29) is 0 Å². The zero-order valence-corrected chi connectivity index (χ0v) is 7.53. The van der Waals surface area contributed by atoms with Crippen LogP contribution < -0.4 is 11.1 Å². The zero-order valence-electron chi connectivity index (χ0n) is 7.53. The van der Waals surface area contributed by atoms with Crippen molar-refractivity contribution in [2.24, 2.45) is 5.92 Å². The third-order valence-electron chi connectivity index (χ3n) is 2.20. The van der Waals surface area contributed by atoms with Gasteiger partial charge < -0.3 is 11.1 Å². The lowest BCUT2D eigenvalue weighted by Gasteiger charge is -2.02.